The molecule has 1 aliphatic heterocycles. The summed E-state index contributed by atoms with van der Waals surface area (Å²) in [5, 5.41) is 10.2. The molecule has 1 rings (SSSR count). The highest BCUT2D eigenvalue weighted by Gasteiger charge is 2.27. The summed E-state index contributed by atoms with van der Waals surface area (Å²) in [4.78, 5) is 25.8. The minimum atomic E-state index is -3.48. The summed E-state index contributed by atoms with van der Waals surface area (Å²) in [7, 11) is -3.48. The smallest absolute Gasteiger partial charge is 0.233 e. The number of amides is 2. The second-order valence-electron chi connectivity index (χ2n) is 8.32. The Bertz CT molecular complexity index is 594. The number of hydrogen-bond donors (Lipinski definition) is 2. The van der Waals surface area contributed by atoms with Crippen LogP contribution in [0.3, 0.4) is 0 Å². The highest BCUT2D eigenvalue weighted by atomic mass is 32.2. The number of nitrogens with zero attached hydrogens (tertiary/aromatic N) is 1. The molecular formula is C21H40N2O5S. The van der Waals surface area contributed by atoms with Gasteiger partial charge in [0.1, 0.15) is 0 Å². The average molecular weight is 433 g/mol. The Hall–Kier alpha value is -1.15. The van der Waals surface area contributed by atoms with Gasteiger partial charge in [0.05, 0.1) is 12.4 Å². The van der Waals surface area contributed by atoms with Gasteiger partial charge in [-0.15, -0.1) is 0 Å². The van der Waals surface area contributed by atoms with Crippen LogP contribution < -0.4 is 4.72 Å². The van der Waals surface area contributed by atoms with Crippen LogP contribution in [0.15, 0.2) is 0 Å². The van der Waals surface area contributed by atoms with Crippen molar-refractivity contribution in [2.75, 3.05) is 12.8 Å². The molecule has 0 radical (unpaired) electrons. The number of aliphatic hydroxyl groups excluding tert-OH is 1. The minimum absolute atomic E-state index is 0.203. The Labute approximate surface area is 176 Å². The summed E-state index contributed by atoms with van der Waals surface area (Å²) in [6, 6.07) is 0.234. The molecule has 0 bridgehead atoms. The molecule has 1 heterocycles. The standard InChI is InChI=1S/C21H40N2O5S/c1-3-4-7-12-19(24)16-15-18-11-10-14-21(26)23(18)17-9-6-5-8-13-20(25)22-29(2,27)28/h18-19,24H,3-17H2,1-2H3,(H,22,25)/t18-,19?/m1/s1. The van der Waals surface area contributed by atoms with Gasteiger partial charge in [0.15, 0.2) is 0 Å². The molecule has 1 saturated heterocycles. The van der Waals surface area contributed by atoms with E-state index < -0.39 is 15.9 Å². The minimum Gasteiger partial charge on any atom is -0.393 e. The van der Waals surface area contributed by atoms with Gasteiger partial charge in [-0.05, 0) is 44.9 Å². The van der Waals surface area contributed by atoms with Gasteiger partial charge < -0.3 is 10.0 Å². The Balaban J connectivity index is 2.26. The number of nitrogens with one attached hydrogen (secondary N) is 1. The maximum absolute atomic E-state index is 12.4. The Kier molecular flexibility index (Phi) is 12.5. The van der Waals surface area contributed by atoms with Crippen molar-refractivity contribution in [3.63, 3.8) is 0 Å². The molecule has 7 nitrogen and oxygen atoms in total. The van der Waals surface area contributed by atoms with E-state index in [0.717, 1.165) is 83.4 Å². The Morgan fingerprint density at radius 1 is 1.17 bits per heavy atom. The highest BCUT2D eigenvalue weighted by molar-refractivity contribution is 7.89. The Morgan fingerprint density at radius 2 is 1.90 bits per heavy atom. The van der Waals surface area contributed by atoms with E-state index in [4.69, 9.17) is 0 Å². The van der Waals surface area contributed by atoms with Gasteiger partial charge >= 0.3 is 0 Å². The number of piperidine rings is 1. The monoisotopic (exact) mass is 432 g/mol. The zero-order chi connectivity index (χ0) is 21.7. The van der Waals surface area contributed by atoms with Crippen LogP contribution in [-0.4, -0.2) is 55.2 Å². The normalized spacial score (nSPS) is 18.7. The molecule has 29 heavy (non-hydrogen) atoms. The lowest BCUT2D eigenvalue weighted by molar-refractivity contribution is -0.136. The molecule has 0 aromatic rings. The maximum Gasteiger partial charge on any atom is 0.233 e. The van der Waals surface area contributed by atoms with Gasteiger partial charge in [-0.1, -0.05) is 39.0 Å². The van der Waals surface area contributed by atoms with Crippen LogP contribution in [0, 0.1) is 0 Å². The van der Waals surface area contributed by atoms with Crippen molar-refractivity contribution in [3.8, 4) is 0 Å². The summed E-state index contributed by atoms with van der Waals surface area (Å²) in [6.07, 6.45) is 12.6. The summed E-state index contributed by atoms with van der Waals surface area (Å²) in [5.41, 5.74) is 0. The predicted octanol–water partition coefficient (Wildman–Crippen LogP) is 3.12. The van der Waals surface area contributed by atoms with Crippen LogP contribution in [0.4, 0.5) is 0 Å². The third-order valence-corrected chi connectivity index (χ3v) is 6.11. The molecule has 2 amide bonds. The first kappa shape index (κ1) is 25.9. The average Bonchev–Trinajstić information content (AvgIpc) is 2.63. The van der Waals surface area contributed by atoms with Crippen LogP contribution in [0.1, 0.15) is 96.8 Å². The molecule has 0 aliphatic carbocycles. The fraction of sp³-hybridized carbons (Fsp3) is 0.905. The van der Waals surface area contributed by atoms with E-state index in [2.05, 4.69) is 6.92 Å². The van der Waals surface area contributed by atoms with Gasteiger partial charge in [0.2, 0.25) is 21.8 Å². The first-order valence-electron chi connectivity index (χ1n) is 11.2. The fourth-order valence-corrected chi connectivity index (χ4v) is 4.45. The predicted molar refractivity (Wildman–Crippen MR) is 115 cm³/mol. The van der Waals surface area contributed by atoms with Crippen molar-refractivity contribution in [3.05, 3.63) is 0 Å². The number of carbonyl (C=O) groups excluding carboxylic acids is 2. The van der Waals surface area contributed by atoms with Crippen molar-refractivity contribution < 1.29 is 23.1 Å². The summed E-state index contributed by atoms with van der Waals surface area (Å²) < 4.78 is 24.0. The maximum atomic E-state index is 12.4. The van der Waals surface area contributed by atoms with Gasteiger partial charge in [0, 0.05) is 25.4 Å². The number of sulfonamides is 1. The van der Waals surface area contributed by atoms with Crippen LogP contribution >= 0.6 is 0 Å². The van der Waals surface area contributed by atoms with E-state index in [1.54, 1.807) is 0 Å². The van der Waals surface area contributed by atoms with E-state index in [9.17, 15) is 23.1 Å². The van der Waals surface area contributed by atoms with Crippen molar-refractivity contribution in [1.29, 1.82) is 0 Å². The lowest BCUT2D eigenvalue weighted by Gasteiger charge is -2.36. The van der Waals surface area contributed by atoms with Crippen molar-refractivity contribution >= 4 is 21.8 Å². The highest BCUT2D eigenvalue weighted by Crippen LogP contribution is 2.24. The largest absolute Gasteiger partial charge is 0.393 e. The van der Waals surface area contributed by atoms with Gasteiger partial charge in [-0.25, -0.2) is 8.42 Å². The van der Waals surface area contributed by atoms with Crippen molar-refractivity contribution in [1.82, 2.24) is 9.62 Å². The number of carbonyl (C=O) groups is 2. The van der Waals surface area contributed by atoms with E-state index in [1.807, 2.05) is 9.62 Å². The number of rotatable bonds is 15. The fourth-order valence-electron chi connectivity index (χ4n) is 3.94. The lowest BCUT2D eigenvalue weighted by Crippen LogP contribution is -2.44. The third-order valence-electron chi connectivity index (χ3n) is 5.52. The third kappa shape index (κ3) is 12.2. The van der Waals surface area contributed by atoms with Crippen LogP contribution in [0.2, 0.25) is 0 Å². The number of likely N-dealkylation sites (tertiary alicyclic amines) is 1. The van der Waals surface area contributed by atoms with Crippen molar-refractivity contribution in [2.24, 2.45) is 0 Å². The second-order valence-corrected chi connectivity index (χ2v) is 10.1. The molecule has 2 atom stereocenters. The van der Waals surface area contributed by atoms with E-state index in [-0.39, 0.29) is 24.5 Å². The summed E-state index contributed by atoms with van der Waals surface area (Å²) in [5.74, 6) is -0.245. The molecule has 1 unspecified atom stereocenters. The molecule has 0 aromatic carbocycles. The van der Waals surface area contributed by atoms with Gasteiger partial charge in [-0.2, -0.15) is 0 Å². The van der Waals surface area contributed by atoms with Gasteiger partial charge in [0.25, 0.3) is 0 Å². The van der Waals surface area contributed by atoms with Gasteiger partial charge in [-0.3, -0.25) is 14.3 Å². The molecule has 0 spiro atoms. The van der Waals surface area contributed by atoms with Crippen LogP contribution in [0.5, 0.6) is 0 Å². The molecule has 170 valence electrons. The van der Waals surface area contributed by atoms with Crippen LogP contribution in [-0.2, 0) is 19.6 Å². The molecular weight excluding hydrogens is 392 g/mol. The van der Waals surface area contributed by atoms with Crippen LogP contribution in [0.25, 0.3) is 0 Å². The van der Waals surface area contributed by atoms with Crippen molar-refractivity contribution in [2.45, 2.75) is 109 Å². The number of aliphatic hydroxyl groups is 1. The Morgan fingerprint density at radius 3 is 2.59 bits per heavy atom. The first-order chi connectivity index (χ1) is 13.7. The number of unbranched alkanes of at least 4 members (excludes halogenated alkanes) is 5. The van der Waals surface area contributed by atoms with E-state index in [0.29, 0.717) is 12.8 Å². The molecule has 8 heteroatoms. The van der Waals surface area contributed by atoms with E-state index >= 15 is 0 Å². The molecule has 0 saturated carbocycles. The zero-order valence-electron chi connectivity index (χ0n) is 18.2. The SMILES string of the molecule is CCCCCC(O)CC[C@H]1CCCC(=O)N1CCCCCCC(=O)NS(C)(=O)=O. The summed E-state index contributed by atoms with van der Waals surface area (Å²) in [6.45, 7) is 2.88. The molecule has 1 aliphatic rings. The number of hydrogen-bond acceptors (Lipinski definition) is 5. The lowest BCUT2D eigenvalue weighted by atomic mass is 9.94. The first-order valence-corrected chi connectivity index (χ1v) is 13.1. The zero-order valence-corrected chi connectivity index (χ0v) is 19.0. The summed E-state index contributed by atoms with van der Waals surface area (Å²) >= 11 is 0. The van der Waals surface area contributed by atoms with E-state index in [1.165, 1.54) is 0 Å². The molecule has 0 aromatic heterocycles. The molecule has 1 fully saturated rings. The topological polar surface area (TPSA) is 104 Å². The molecule has 2 N–H and O–H groups in total. The second kappa shape index (κ2) is 14.0. The quantitative estimate of drug-likeness (QED) is 0.387.